The van der Waals surface area contributed by atoms with Gasteiger partial charge >= 0.3 is 0 Å². The van der Waals surface area contributed by atoms with Crippen molar-refractivity contribution in [1.29, 1.82) is 0 Å². The van der Waals surface area contributed by atoms with Crippen molar-refractivity contribution in [3.63, 3.8) is 0 Å². The first-order chi connectivity index (χ1) is 7.58. The molecule has 0 saturated carbocycles. The number of unbranched alkanes of at least 4 members (excludes halogenated alkanes) is 2. The van der Waals surface area contributed by atoms with Gasteiger partial charge in [-0.05, 0) is 30.6 Å². The second-order valence-corrected chi connectivity index (χ2v) is 5.82. The van der Waals surface area contributed by atoms with Crippen molar-refractivity contribution in [2.24, 2.45) is 11.3 Å². The van der Waals surface area contributed by atoms with E-state index in [2.05, 4.69) is 41.0 Å². The van der Waals surface area contributed by atoms with Crippen LogP contribution >= 0.6 is 0 Å². The second kappa shape index (κ2) is 9.07. The van der Waals surface area contributed by atoms with Crippen LogP contribution in [-0.4, -0.2) is 0 Å². The summed E-state index contributed by atoms with van der Waals surface area (Å²) in [7, 11) is 0. The molecule has 0 N–H and O–H groups in total. The van der Waals surface area contributed by atoms with E-state index in [-0.39, 0.29) is 0 Å². The van der Waals surface area contributed by atoms with Gasteiger partial charge in [0.1, 0.15) is 0 Å². The van der Waals surface area contributed by atoms with Crippen LogP contribution < -0.4 is 0 Å². The van der Waals surface area contributed by atoms with Crippen molar-refractivity contribution >= 4 is 0 Å². The lowest BCUT2D eigenvalue weighted by atomic mass is 9.73. The predicted octanol–water partition coefficient (Wildman–Crippen LogP) is 6.01. The monoisotopic (exact) mass is 225 g/mol. The van der Waals surface area contributed by atoms with E-state index in [0.29, 0.717) is 5.41 Å². The van der Waals surface area contributed by atoms with Crippen LogP contribution in [0.4, 0.5) is 0 Å². The third-order valence-electron chi connectivity index (χ3n) is 3.66. The zero-order valence-corrected chi connectivity index (χ0v) is 12.3. The molecule has 0 bridgehead atoms. The Morgan fingerprint density at radius 3 is 2.19 bits per heavy atom. The van der Waals surface area contributed by atoms with Crippen LogP contribution in [0, 0.1) is 17.8 Å². The van der Waals surface area contributed by atoms with Crippen molar-refractivity contribution < 1.29 is 0 Å². The maximum atomic E-state index is 2.56. The Bertz CT molecular complexity index is 150. The molecule has 0 nitrogen and oxygen atoms in total. The quantitative estimate of drug-likeness (QED) is 0.427. The average Bonchev–Trinajstić information content (AvgIpc) is 2.24. The van der Waals surface area contributed by atoms with E-state index in [1.807, 2.05) is 0 Å². The zero-order chi connectivity index (χ0) is 12.4. The fourth-order valence-electron chi connectivity index (χ4n) is 2.81. The minimum atomic E-state index is 0.498. The van der Waals surface area contributed by atoms with Gasteiger partial charge in [-0.3, -0.25) is 0 Å². The van der Waals surface area contributed by atoms with E-state index < -0.39 is 0 Å². The van der Waals surface area contributed by atoms with Crippen molar-refractivity contribution in [2.45, 2.75) is 86.0 Å². The summed E-state index contributed by atoms with van der Waals surface area (Å²) in [5, 5.41) is 0. The van der Waals surface area contributed by atoms with Crippen LogP contribution in [0.3, 0.4) is 0 Å². The van der Waals surface area contributed by atoms with Crippen LogP contribution in [0.15, 0.2) is 0 Å². The summed E-state index contributed by atoms with van der Waals surface area (Å²) in [6, 6.07) is 0. The molecule has 0 aromatic heterocycles. The van der Waals surface area contributed by atoms with Gasteiger partial charge in [0, 0.05) is 0 Å². The highest BCUT2D eigenvalue weighted by Gasteiger charge is 2.24. The molecule has 2 atom stereocenters. The fraction of sp³-hybridized carbons (Fsp3) is 0.938. The van der Waals surface area contributed by atoms with E-state index in [4.69, 9.17) is 0 Å². The van der Waals surface area contributed by atoms with Gasteiger partial charge in [0.25, 0.3) is 0 Å². The standard InChI is InChI=1S/C16H33/c1-6-9-11-15(4)14-16(5,12-8-3)13-10-7-2/h12,15H,6-11,13-14H2,1-5H3. The Balaban J connectivity index is 4.07. The molecule has 97 valence electrons. The molecule has 1 radical (unpaired) electrons. The summed E-state index contributed by atoms with van der Waals surface area (Å²) in [5.74, 6) is 0.893. The van der Waals surface area contributed by atoms with E-state index in [1.165, 1.54) is 51.4 Å². The summed E-state index contributed by atoms with van der Waals surface area (Å²) in [6.07, 6.45) is 13.4. The van der Waals surface area contributed by atoms with Crippen molar-refractivity contribution in [3.8, 4) is 0 Å². The Morgan fingerprint density at radius 2 is 1.69 bits per heavy atom. The number of hydrogen-bond acceptors (Lipinski definition) is 0. The molecule has 0 aliphatic carbocycles. The molecule has 0 aliphatic rings. The molecular weight excluding hydrogens is 192 g/mol. The van der Waals surface area contributed by atoms with Gasteiger partial charge in [0.15, 0.2) is 0 Å². The average molecular weight is 225 g/mol. The first-order valence-electron chi connectivity index (χ1n) is 7.42. The molecule has 2 unspecified atom stereocenters. The second-order valence-electron chi connectivity index (χ2n) is 5.82. The van der Waals surface area contributed by atoms with Gasteiger partial charge in [0.05, 0.1) is 0 Å². The number of rotatable bonds is 10. The van der Waals surface area contributed by atoms with Gasteiger partial charge in [-0.15, -0.1) is 0 Å². The lowest BCUT2D eigenvalue weighted by molar-refractivity contribution is 0.252. The van der Waals surface area contributed by atoms with E-state index >= 15 is 0 Å². The van der Waals surface area contributed by atoms with Crippen molar-refractivity contribution in [1.82, 2.24) is 0 Å². The van der Waals surface area contributed by atoms with Crippen molar-refractivity contribution in [2.75, 3.05) is 0 Å². The summed E-state index contributed by atoms with van der Waals surface area (Å²) in [5.41, 5.74) is 0.498. The van der Waals surface area contributed by atoms with Crippen LogP contribution in [-0.2, 0) is 0 Å². The molecule has 0 aliphatic heterocycles. The molecule has 0 spiro atoms. The van der Waals surface area contributed by atoms with Gasteiger partial charge in [-0.25, -0.2) is 0 Å². The minimum absolute atomic E-state index is 0.498. The van der Waals surface area contributed by atoms with Crippen LogP contribution in [0.2, 0.25) is 0 Å². The maximum Gasteiger partial charge on any atom is -0.0292 e. The van der Waals surface area contributed by atoms with E-state index in [9.17, 15) is 0 Å². The summed E-state index contributed by atoms with van der Waals surface area (Å²) in [6.45, 7) is 11.8. The zero-order valence-electron chi connectivity index (χ0n) is 12.3. The highest BCUT2D eigenvalue weighted by atomic mass is 14.3. The molecule has 0 heterocycles. The smallest absolute Gasteiger partial charge is 0.0292 e. The fourth-order valence-corrected chi connectivity index (χ4v) is 2.81. The van der Waals surface area contributed by atoms with Crippen LogP contribution in [0.25, 0.3) is 0 Å². The summed E-state index contributed by atoms with van der Waals surface area (Å²) < 4.78 is 0. The first-order valence-corrected chi connectivity index (χ1v) is 7.42. The molecule has 16 heavy (non-hydrogen) atoms. The SMILES string of the molecule is CC[CH]C(C)(CCCC)CC(C)CCCC. The Labute approximate surface area is 104 Å². The minimum Gasteiger partial charge on any atom is -0.0654 e. The predicted molar refractivity (Wildman–Crippen MR) is 75.5 cm³/mol. The molecule has 0 heteroatoms. The Hall–Kier alpha value is 0. The van der Waals surface area contributed by atoms with Gasteiger partial charge < -0.3 is 0 Å². The molecular formula is C16H33. The highest BCUT2D eigenvalue weighted by molar-refractivity contribution is 4.88. The molecule has 0 fully saturated rings. The largest absolute Gasteiger partial charge is 0.0654 e. The molecule has 0 saturated heterocycles. The molecule has 0 amide bonds. The lowest BCUT2D eigenvalue weighted by Crippen LogP contribution is -2.20. The maximum absolute atomic E-state index is 2.56. The van der Waals surface area contributed by atoms with Crippen LogP contribution in [0.5, 0.6) is 0 Å². The Kier molecular flexibility index (Phi) is 9.07. The molecule has 0 aromatic rings. The van der Waals surface area contributed by atoms with Gasteiger partial charge in [0.2, 0.25) is 0 Å². The third-order valence-corrected chi connectivity index (χ3v) is 3.66. The lowest BCUT2D eigenvalue weighted by Gasteiger charge is -2.32. The van der Waals surface area contributed by atoms with Crippen LogP contribution in [0.1, 0.15) is 86.0 Å². The van der Waals surface area contributed by atoms with Crippen molar-refractivity contribution in [3.05, 3.63) is 6.42 Å². The summed E-state index contributed by atoms with van der Waals surface area (Å²) >= 11 is 0. The van der Waals surface area contributed by atoms with Gasteiger partial charge in [-0.1, -0.05) is 73.1 Å². The molecule has 0 rings (SSSR count). The van der Waals surface area contributed by atoms with E-state index in [0.717, 1.165) is 5.92 Å². The highest BCUT2D eigenvalue weighted by Crippen LogP contribution is 2.37. The van der Waals surface area contributed by atoms with E-state index in [1.54, 1.807) is 0 Å². The van der Waals surface area contributed by atoms with Gasteiger partial charge in [-0.2, -0.15) is 0 Å². The third kappa shape index (κ3) is 7.30. The normalized spacial score (nSPS) is 17.1. The summed E-state index contributed by atoms with van der Waals surface area (Å²) in [4.78, 5) is 0. The topological polar surface area (TPSA) is 0 Å². The Morgan fingerprint density at radius 1 is 1.06 bits per heavy atom. The molecule has 0 aromatic carbocycles. The first kappa shape index (κ1) is 16.0. The number of hydrogen-bond donors (Lipinski definition) is 0.